The summed E-state index contributed by atoms with van der Waals surface area (Å²) in [5, 5.41) is 3.27. The lowest BCUT2D eigenvalue weighted by Gasteiger charge is -2.34. The number of hydrogen-bond donors (Lipinski definition) is 1. The van der Waals surface area contributed by atoms with Crippen molar-refractivity contribution < 1.29 is 22.4 Å². The van der Waals surface area contributed by atoms with Crippen molar-refractivity contribution in [3.63, 3.8) is 0 Å². The van der Waals surface area contributed by atoms with E-state index in [2.05, 4.69) is 5.32 Å². The van der Waals surface area contributed by atoms with Crippen molar-refractivity contribution >= 4 is 50.7 Å². The molecule has 0 aliphatic carbocycles. The number of amides is 2. The molecule has 0 aromatic heterocycles. The van der Waals surface area contributed by atoms with Crippen LogP contribution in [0.3, 0.4) is 0 Å². The first-order valence-corrected chi connectivity index (χ1v) is 15.2. The van der Waals surface area contributed by atoms with Gasteiger partial charge in [-0.25, -0.2) is 12.8 Å². The van der Waals surface area contributed by atoms with Gasteiger partial charge in [0.1, 0.15) is 18.4 Å². The monoisotopic (exact) mass is 621 g/mol. The molecule has 1 atom stereocenters. The van der Waals surface area contributed by atoms with E-state index in [4.69, 9.17) is 23.2 Å². The van der Waals surface area contributed by atoms with Crippen LogP contribution in [0.5, 0.6) is 0 Å². The molecule has 2 amide bonds. The van der Waals surface area contributed by atoms with Gasteiger partial charge in [0, 0.05) is 22.1 Å². The summed E-state index contributed by atoms with van der Waals surface area (Å²) in [6.45, 7) is 8.36. The molecule has 3 aromatic carbocycles. The van der Waals surface area contributed by atoms with Crippen LogP contribution in [0.25, 0.3) is 0 Å². The van der Waals surface area contributed by atoms with E-state index in [1.807, 2.05) is 27.7 Å². The van der Waals surface area contributed by atoms with Gasteiger partial charge in [-0.2, -0.15) is 0 Å². The van der Waals surface area contributed by atoms with Crippen LogP contribution in [-0.4, -0.2) is 43.3 Å². The predicted molar refractivity (Wildman–Crippen MR) is 161 cm³/mol. The van der Waals surface area contributed by atoms with Crippen molar-refractivity contribution in [3.8, 4) is 0 Å². The van der Waals surface area contributed by atoms with E-state index in [1.165, 1.54) is 59.5 Å². The van der Waals surface area contributed by atoms with Crippen LogP contribution < -0.4 is 9.62 Å². The van der Waals surface area contributed by atoms with Gasteiger partial charge >= 0.3 is 0 Å². The van der Waals surface area contributed by atoms with E-state index in [0.29, 0.717) is 5.56 Å². The fraction of sp³-hybridized carbons (Fsp3) is 0.333. The van der Waals surface area contributed by atoms with Gasteiger partial charge in [0.25, 0.3) is 10.0 Å². The van der Waals surface area contributed by atoms with Crippen molar-refractivity contribution in [1.82, 2.24) is 10.2 Å². The molecule has 0 saturated carbocycles. The first-order valence-electron chi connectivity index (χ1n) is 13.0. The van der Waals surface area contributed by atoms with Crippen LogP contribution in [0.4, 0.5) is 10.1 Å². The number of anilines is 1. The van der Waals surface area contributed by atoms with Gasteiger partial charge in [0.2, 0.25) is 11.8 Å². The SMILES string of the molecule is CC[C@H](C(=O)NC(C)(C)C)N(Cc1ccc(F)cc1)C(=O)CN(c1cc(Cl)cc(Cl)c1)S(=O)(=O)c1ccc(C)cc1. The number of nitrogens with zero attached hydrogens (tertiary/aromatic N) is 2. The minimum Gasteiger partial charge on any atom is -0.350 e. The first-order chi connectivity index (χ1) is 19.1. The molecule has 11 heteroatoms. The van der Waals surface area contributed by atoms with Gasteiger partial charge in [0.05, 0.1) is 10.6 Å². The second-order valence-electron chi connectivity index (χ2n) is 10.8. The summed E-state index contributed by atoms with van der Waals surface area (Å²) in [6, 6.07) is 15.1. The molecule has 0 fully saturated rings. The van der Waals surface area contributed by atoms with Crippen LogP contribution >= 0.6 is 23.2 Å². The quantitative estimate of drug-likeness (QED) is 0.285. The van der Waals surface area contributed by atoms with E-state index in [0.717, 1.165) is 9.87 Å². The normalized spacial score (nSPS) is 12.5. The maximum atomic E-state index is 14.1. The zero-order chi connectivity index (χ0) is 30.5. The first kappa shape index (κ1) is 32.4. The van der Waals surface area contributed by atoms with Crippen molar-refractivity contribution in [2.75, 3.05) is 10.8 Å². The third-order valence-corrected chi connectivity index (χ3v) is 8.40. The Kier molecular flexibility index (Phi) is 10.4. The fourth-order valence-electron chi connectivity index (χ4n) is 4.21. The smallest absolute Gasteiger partial charge is 0.264 e. The average molecular weight is 623 g/mol. The Morgan fingerprint density at radius 1 is 0.951 bits per heavy atom. The number of benzene rings is 3. The largest absolute Gasteiger partial charge is 0.350 e. The lowest BCUT2D eigenvalue weighted by Crippen LogP contribution is -2.55. The number of carbonyl (C=O) groups is 2. The average Bonchev–Trinajstić information content (AvgIpc) is 2.86. The highest BCUT2D eigenvalue weighted by Gasteiger charge is 2.34. The summed E-state index contributed by atoms with van der Waals surface area (Å²) in [7, 11) is -4.27. The molecule has 41 heavy (non-hydrogen) atoms. The third kappa shape index (κ3) is 8.67. The Hall–Kier alpha value is -3.14. The Bertz CT molecular complexity index is 1470. The summed E-state index contributed by atoms with van der Waals surface area (Å²) >= 11 is 12.4. The molecule has 3 aromatic rings. The molecular weight excluding hydrogens is 588 g/mol. The lowest BCUT2D eigenvalue weighted by atomic mass is 10.1. The van der Waals surface area contributed by atoms with Crippen LogP contribution in [0.1, 0.15) is 45.2 Å². The number of halogens is 3. The predicted octanol–water partition coefficient (Wildman–Crippen LogP) is 6.36. The van der Waals surface area contributed by atoms with Gasteiger partial charge in [-0.05, 0) is 82.1 Å². The van der Waals surface area contributed by atoms with Gasteiger partial charge in [-0.15, -0.1) is 0 Å². The van der Waals surface area contributed by atoms with Crippen molar-refractivity contribution in [3.05, 3.63) is 93.7 Å². The fourth-order valence-corrected chi connectivity index (χ4v) is 6.12. The van der Waals surface area contributed by atoms with E-state index in [9.17, 15) is 22.4 Å². The van der Waals surface area contributed by atoms with Crippen LogP contribution in [0.15, 0.2) is 71.6 Å². The number of carbonyl (C=O) groups excluding carboxylic acids is 2. The van der Waals surface area contributed by atoms with Gasteiger partial charge in [0.15, 0.2) is 0 Å². The minimum atomic E-state index is -4.27. The molecule has 7 nitrogen and oxygen atoms in total. The molecule has 0 spiro atoms. The van der Waals surface area contributed by atoms with Gasteiger partial charge in [-0.3, -0.25) is 13.9 Å². The van der Waals surface area contributed by atoms with Crippen molar-refractivity contribution in [1.29, 1.82) is 0 Å². The van der Waals surface area contributed by atoms with Crippen LogP contribution in [-0.2, 0) is 26.2 Å². The highest BCUT2D eigenvalue weighted by molar-refractivity contribution is 7.92. The number of aryl methyl sites for hydroxylation is 1. The number of nitrogens with one attached hydrogen (secondary N) is 1. The zero-order valence-electron chi connectivity index (χ0n) is 23.6. The molecule has 0 unspecified atom stereocenters. The summed E-state index contributed by atoms with van der Waals surface area (Å²) in [5.74, 6) is -1.48. The maximum absolute atomic E-state index is 14.1. The standard InChI is InChI=1S/C30H34Cl2FN3O4S/c1-6-27(29(38)34-30(3,4)5)35(18-21-9-11-24(33)12-10-21)28(37)19-36(25-16-22(31)15-23(32)17-25)41(39,40)26-13-7-20(2)8-14-26/h7-17,27H,6,18-19H2,1-5H3,(H,34,38)/t27-/m1/s1. The molecule has 0 aliphatic heterocycles. The number of hydrogen-bond acceptors (Lipinski definition) is 4. The maximum Gasteiger partial charge on any atom is 0.264 e. The van der Waals surface area contributed by atoms with Gasteiger partial charge < -0.3 is 10.2 Å². The molecule has 0 bridgehead atoms. The van der Waals surface area contributed by atoms with E-state index in [1.54, 1.807) is 19.1 Å². The summed E-state index contributed by atoms with van der Waals surface area (Å²) in [4.78, 5) is 28.7. The van der Waals surface area contributed by atoms with E-state index in [-0.39, 0.29) is 33.6 Å². The highest BCUT2D eigenvalue weighted by atomic mass is 35.5. The third-order valence-electron chi connectivity index (χ3n) is 6.17. The minimum absolute atomic E-state index is 0.0328. The second kappa shape index (κ2) is 13.2. The van der Waals surface area contributed by atoms with Crippen molar-refractivity contribution in [2.24, 2.45) is 0 Å². The number of sulfonamides is 1. The summed E-state index contributed by atoms with van der Waals surface area (Å²) in [5.41, 5.74) is 0.942. The molecule has 220 valence electrons. The second-order valence-corrected chi connectivity index (χ2v) is 13.5. The molecule has 0 saturated heterocycles. The Morgan fingerprint density at radius 3 is 2.02 bits per heavy atom. The molecule has 0 radical (unpaired) electrons. The molecule has 0 aliphatic rings. The van der Waals surface area contributed by atoms with Crippen LogP contribution in [0, 0.1) is 12.7 Å². The van der Waals surface area contributed by atoms with Crippen LogP contribution in [0.2, 0.25) is 10.0 Å². The number of rotatable bonds is 10. The molecule has 3 rings (SSSR count). The molecule has 1 N–H and O–H groups in total. The Morgan fingerprint density at radius 2 is 1.51 bits per heavy atom. The van der Waals surface area contributed by atoms with Crippen molar-refractivity contribution in [2.45, 2.75) is 64.1 Å². The Labute approximate surface area is 251 Å². The zero-order valence-corrected chi connectivity index (χ0v) is 25.9. The Balaban J connectivity index is 2.10. The summed E-state index contributed by atoms with van der Waals surface area (Å²) < 4.78 is 42.4. The van der Waals surface area contributed by atoms with E-state index < -0.39 is 45.8 Å². The highest BCUT2D eigenvalue weighted by Crippen LogP contribution is 2.30. The van der Waals surface area contributed by atoms with E-state index >= 15 is 0 Å². The lowest BCUT2D eigenvalue weighted by molar-refractivity contribution is -0.141. The van der Waals surface area contributed by atoms with Gasteiger partial charge in [-0.1, -0.05) is 60.0 Å². The summed E-state index contributed by atoms with van der Waals surface area (Å²) in [6.07, 6.45) is 0.253. The topological polar surface area (TPSA) is 86.8 Å². The molecule has 0 heterocycles. The molecular formula is C30H34Cl2FN3O4S.